The van der Waals surface area contributed by atoms with Gasteiger partial charge in [-0.3, -0.25) is 4.79 Å². The summed E-state index contributed by atoms with van der Waals surface area (Å²) in [4.78, 5) is 12.4. The van der Waals surface area contributed by atoms with E-state index in [1.165, 1.54) is 4.90 Å². The van der Waals surface area contributed by atoms with Crippen molar-refractivity contribution in [2.45, 2.75) is 19.1 Å². The molecule has 0 amide bonds. The van der Waals surface area contributed by atoms with Crippen LogP contribution in [0.2, 0.25) is 5.02 Å². The number of carbonyl (C=O) groups is 1. The van der Waals surface area contributed by atoms with Crippen LogP contribution in [0.25, 0.3) is 0 Å². The lowest BCUT2D eigenvalue weighted by Crippen LogP contribution is -2.35. The van der Waals surface area contributed by atoms with E-state index in [1.54, 1.807) is 38.1 Å². The highest BCUT2D eigenvalue weighted by molar-refractivity contribution is 7.92. The second-order valence-electron chi connectivity index (χ2n) is 4.71. The van der Waals surface area contributed by atoms with E-state index in [9.17, 15) is 13.2 Å². The molecule has 0 saturated carbocycles. The second kappa shape index (κ2) is 6.95. The van der Waals surface area contributed by atoms with Gasteiger partial charge in [-0.1, -0.05) is 17.7 Å². The van der Waals surface area contributed by atoms with Crippen LogP contribution in [-0.4, -0.2) is 43.6 Å². The fraction of sp³-hybridized carbons (Fsp3) is 0.462. The van der Waals surface area contributed by atoms with E-state index in [-0.39, 0.29) is 18.8 Å². The Labute approximate surface area is 124 Å². The van der Waals surface area contributed by atoms with E-state index in [0.717, 1.165) is 0 Å². The Bertz CT molecular complexity index is 571. The first-order chi connectivity index (χ1) is 9.22. The predicted molar refractivity (Wildman–Crippen MR) is 80.2 cm³/mol. The summed E-state index contributed by atoms with van der Waals surface area (Å²) < 4.78 is 23.6. The summed E-state index contributed by atoms with van der Waals surface area (Å²) in [5.74, 6) is -1.11. The number of aliphatic carboxylic acids is 1. The van der Waals surface area contributed by atoms with Gasteiger partial charge in [0.1, 0.15) is 6.54 Å². The third kappa shape index (κ3) is 5.02. The lowest BCUT2D eigenvalue weighted by Gasteiger charge is -2.23. The number of sulfone groups is 1. The average molecular weight is 320 g/mol. The van der Waals surface area contributed by atoms with Crippen LogP contribution in [0.4, 0.5) is 5.69 Å². The SMILES string of the molecule is CC(C)S(=O)(=O)CCN(CC(=O)O)c1cccc(Cl)c1. The Kier molecular flexibility index (Phi) is 5.83. The molecule has 0 radical (unpaired) electrons. The molecule has 112 valence electrons. The number of anilines is 1. The zero-order chi connectivity index (χ0) is 15.3. The smallest absolute Gasteiger partial charge is 0.323 e. The maximum atomic E-state index is 11.8. The summed E-state index contributed by atoms with van der Waals surface area (Å²) in [6.07, 6.45) is 0. The van der Waals surface area contributed by atoms with Crippen molar-refractivity contribution in [1.29, 1.82) is 0 Å². The Morgan fingerprint density at radius 2 is 2.05 bits per heavy atom. The quantitative estimate of drug-likeness (QED) is 0.832. The minimum atomic E-state index is -3.21. The van der Waals surface area contributed by atoms with Crippen molar-refractivity contribution in [2.24, 2.45) is 0 Å². The van der Waals surface area contributed by atoms with Gasteiger partial charge >= 0.3 is 5.97 Å². The highest BCUT2D eigenvalue weighted by Gasteiger charge is 2.19. The topological polar surface area (TPSA) is 74.7 Å². The van der Waals surface area contributed by atoms with Crippen molar-refractivity contribution < 1.29 is 18.3 Å². The van der Waals surface area contributed by atoms with Crippen LogP contribution in [0.1, 0.15) is 13.8 Å². The molecule has 0 spiro atoms. The Morgan fingerprint density at radius 1 is 1.40 bits per heavy atom. The average Bonchev–Trinajstić information content (AvgIpc) is 2.33. The molecule has 0 bridgehead atoms. The van der Waals surface area contributed by atoms with Crippen LogP contribution < -0.4 is 4.90 Å². The molecule has 1 rings (SSSR count). The van der Waals surface area contributed by atoms with Gasteiger partial charge in [0.05, 0.1) is 11.0 Å². The van der Waals surface area contributed by atoms with E-state index in [0.29, 0.717) is 10.7 Å². The molecule has 0 fully saturated rings. The molecule has 0 unspecified atom stereocenters. The van der Waals surface area contributed by atoms with E-state index in [4.69, 9.17) is 16.7 Å². The summed E-state index contributed by atoms with van der Waals surface area (Å²) in [5, 5.41) is 8.93. The van der Waals surface area contributed by atoms with E-state index < -0.39 is 21.1 Å². The van der Waals surface area contributed by atoms with E-state index in [1.807, 2.05) is 0 Å². The standard InChI is InChI=1S/C13H18ClNO4S/c1-10(2)20(18,19)7-6-15(9-13(16)17)12-5-3-4-11(14)8-12/h3-5,8,10H,6-7,9H2,1-2H3,(H,16,17). The van der Waals surface area contributed by atoms with Crippen LogP contribution in [0.3, 0.4) is 0 Å². The Balaban J connectivity index is 2.89. The molecule has 1 N–H and O–H groups in total. The van der Waals surface area contributed by atoms with Crippen molar-refractivity contribution in [3.8, 4) is 0 Å². The van der Waals surface area contributed by atoms with Crippen molar-refractivity contribution in [3.05, 3.63) is 29.3 Å². The van der Waals surface area contributed by atoms with Gasteiger partial charge in [-0.15, -0.1) is 0 Å². The van der Waals surface area contributed by atoms with Gasteiger partial charge in [0, 0.05) is 17.3 Å². The zero-order valence-electron chi connectivity index (χ0n) is 11.4. The summed E-state index contributed by atoms with van der Waals surface area (Å²) in [7, 11) is -3.21. The fourth-order valence-electron chi connectivity index (χ4n) is 1.61. The van der Waals surface area contributed by atoms with Crippen molar-refractivity contribution >= 4 is 33.1 Å². The van der Waals surface area contributed by atoms with Crippen LogP contribution in [0.15, 0.2) is 24.3 Å². The van der Waals surface area contributed by atoms with Gasteiger partial charge in [-0.05, 0) is 32.0 Å². The molecule has 7 heteroatoms. The monoisotopic (exact) mass is 319 g/mol. The summed E-state index contributed by atoms with van der Waals surface area (Å²) in [6.45, 7) is 3.06. The first kappa shape index (κ1) is 16.8. The molecule has 0 aliphatic carbocycles. The van der Waals surface area contributed by atoms with Gasteiger partial charge in [0.25, 0.3) is 0 Å². The highest BCUT2D eigenvalue weighted by atomic mass is 35.5. The van der Waals surface area contributed by atoms with Gasteiger partial charge in [-0.25, -0.2) is 8.42 Å². The lowest BCUT2D eigenvalue weighted by molar-refractivity contribution is -0.135. The third-order valence-electron chi connectivity index (χ3n) is 2.86. The molecule has 0 saturated heterocycles. The minimum absolute atomic E-state index is 0.0928. The van der Waals surface area contributed by atoms with Crippen molar-refractivity contribution in [1.82, 2.24) is 0 Å². The van der Waals surface area contributed by atoms with Crippen molar-refractivity contribution in [3.63, 3.8) is 0 Å². The minimum Gasteiger partial charge on any atom is -0.480 e. The van der Waals surface area contributed by atoms with E-state index >= 15 is 0 Å². The molecular weight excluding hydrogens is 302 g/mol. The van der Waals surface area contributed by atoms with Gasteiger partial charge in [0.2, 0.25) is 0 Å². The van der Waals surface area contributed by atoms with Crippen LogP contribution in [-0.2, 0) is 14.6 Å². The number of nitrogens with zero attached hydrogens (tertiary/aromatic N) is 1. The molecule has 20 heavy (non-hydrogen) atoms. The predicted octanol–water partition coefficient (Wildman–Crippen LogP) is 2.05. The normalized spacial score (nSPS) is 11.6. The maximum Gasteiger partial charge on any atom is 0.323 e. The molecule has 0 aromatic heterocycles. The third-order valence-corrected chi connectivity index (χ3v) is 5.29. The first-order valence-electron chi connectivity index (χ1n) is 6.16. The number of hydrogen-bond donors (Lipinski definition) is 1. The Hall–Kier alpha value is -1.27. The number of hydrogen-bond acceptors (Lipinski definition) is 4. The van der Waals surface area contributed by atoms with Gasteiger partial charge in [-0.2, -0.15) is 0 Å². The van der Waals surface area contributed by atoms with Crippen LogP contribution in [0, 0.1) is 0 Å². The molecule has 1 aromatic rings. The van der Waals surface area contributed by atoms with E-state index in [2.05, 4.69) is 0 Å². The molecule has 5 nitrogen and oxygen atoms in total. The number of rotatable bonds is 7. The molecule has 0 aliphatic rings. The largest absolute Gasteiger partial charge is 0.480 e. The molecule has 0 aliphatic heterocycles. The lowest BCUT2D eigenvalue weighted by atomic mass is 10.3. The molecule has 0 atom stereocenters. The maximum absolute atomic E-state index is 11.8. The first-order valence-corrected chi connectivity index (χ1v) is 8.25. The summed E-state index contributed by atoms with van der Waals surface area (Å²) >= 11 is 5.87. The number of halogens is 1. The van der Waals surface area contributed by atoms with Crippen LogP contribution >= 0.6 is 11.6 Å². The van der Waals surface area contributed by atoms with Gasteiger partial charge < -0.3 is 10.0 Å². The van der Waals surface area contributed by atoms with Gasteiger partial charge in [0.15, 0.2) is 9.84 Å². The van der Waals surface area contributed by atoms with Crippen molar-refractivity contribution in [2.75, 3.05) is 23.7 Å². The summed E-state index contributed by atoms with van der Waals surface area (Å²) in [5.41, 5.74) is 0.596. The number of carboxylic acids is 1. The zero-order valence-corrected chi connectivity index (χ0v) is 13.0. The second-order valence-corrected chi connectivity index (χ2v) is 7.82. The molecule has 0 heterocycles. The number of benzene rings is 1. The molecular formula is C13H18ClNO4S. The molecule has 1 aromatic carbocycles. The van der Waals surface area contributed by atoms with Crippen LogP contribution in [0.5, 0.6) is 0 Å². The fourth-order valence-corrected chi connectivity index (χ4v) is 2.74. The Morgan fingerprint density at radius 3 is 2.55 bits per heavy atom. The number of carboxylic acid groups (broad SMARTS) is 1. The summed E-state index contributed by atoms with van der Waals surface area (Å²) in [6, 6.07) is 6.70. The highest BCUT2D eigenvalue weighted by Crippen LogP contribution is 2.19.